The minimum Gasteiger partial charge on any atom is -0.451 e. The lowest BCUT2D eigenvalue weighted by Gasteiger charge is -1.99. The highest BCUT2D eigenvalue weighted by Gasteiger charge is 1.96. The van der Waals surface area contributed by atoms with E-state index < -0.39 is 5.97 Å². The second-order valence-corrected chi connectivity index (χ2v) is 2.21. The number of esters is 1. The van der Waals surface area contributed by atoms with Crippen LogP contribution in [0, 0.1) is 12.3 Å². The summed E-state index contributed by atoms with van der Waals surface area (Å²) < 4.78 is 4.70. The normalized spacial score (nSPS) is 7.79. The van der Waals surface area contributed by atoms with E-state index in [-0.39, 0.29) is 6.61 Å². The quantitative estimate of drug-likeness (QED) is 0.406. The van der Waals surface area contributed by atoms with E-state index >= 15 is 0 Å². The van der Waals surface area contributed by atoms with Crippen LogP contribution in [0.15, 0.2) is 30.3 Å². The predicted molar refractivity (Wildman–Crippen MR) is 56.4 cm³/mol. The minimum atomic E-state index is -0.626. The number of ether oxygens (including phenoxy) is 1. The summed E-state index contributed by atoms with van der Waals surface area (Å²) >= 11 is 0. The molecule has 0 N–H and O–H groups in total. The van der Waals surface area contributed by atoms with Crippen LogP contribution in [0.2, 0.25) is 0 Å². The maximum Gasteiger partial charge on any atom is 0.384 e. The largest absolute Gasteiger partial charge is 0.451 e. The van der Waals surface area contributed by atoms with E-state index in [1.165, 1.54) is 0 Å². The van der Waals surface area contributed by atoms with Gasteiger partial charge in [0, 0.05) is 5.92 Å². The molecule has 2 heteroatoms. The lowest BCUT2D eigenvalue weighted by Crippen LogP contribution is -2.00. The molecular weight excluding hydrogens is 176 g/mol. The van der Waals surface area contributed by atoms with Gasteiger partial charge in [0.05, 0.1) is 0 Å². The highest BCUT2D eigenvalue weighted by atomic mass is 16.5. The molecule has 0 aliphatic rings. The van der Waals surface area contributed by atoms with Crippen LogP contribution < -0.4 is 0 Å². The molecule has 0 fully saturated rings. The molecule has 0 heterocycles. The number of terminal acetylenes is 1. The number of carbonyl (C=O) groups excluding carboxylic acids is 1. The first-order valence-electron chi connectivity index (χ1n) is 4.50. The molecule has 2 nitrogen and oxygen atoms in total. The van der Waals surface area contributed by atoms with Crippen molar-refractivity contribution in [3.8, 4) is 12.3 Å². The first kappa shape index (κ1) is 12.2. The van der Waals surface area contributed by atoms with Crippen LogP contribution in [0.25, 0.3) is 0 Å². The fraction of sp³-hybridized carbons (Fsp3) is 0.250. The Kier molecular flexibility index (Phi) is 6.89. The Balaban J connectivity index is 0.000000791. The third-order valence-corrected chi connectivity index (χ3v) is 1.33. The Morgan fingerprint density at radius 1 is 1.36 bits per heavy atom. The zero-order valence-corrected chi connectivity index (χ0v) is 8.49. The van der Waals surface area contributed by atoms with Gasteiger partial charge >= 0.3 is 5.97 Å². The van der Waals surface area contributed by atoms with Crippen LogP contribution in [0.1, 0.15) is 19.4 Å². The van der Waals surface area contributed by atoms with Crippen LogP contribution in [-0.2, 0) is 16.1 Å². The molecule has 1 rings (SSSR count). The van der Waals surface area contributed by atoms with Gasteiger partial charge in [-0.15, -0.1) is 6.42 Å². The summed E-state index contributed by atoms with van der Waals surface area (Å²) in [5.41, 5.74) is 0.932. The van der Waals surface area contributed by atoms with Crippen LogP contribution in [0.3, 0.4) is 0 Å². The van der Waals surface area contributed by atoms with Crippen LogP contribution in [-0.4, -0.2) is 5.97 Å². The van der Waals surface area contributed by atoms with Crippen molar-refractivity contribution in [2.75, 3.05) is 0 Å². The molecule has 0 unspecified atom stereocenters. The maximum atomic E-state index is 10.5. The Hall–Kier alpha value is -1.75. The zero-order valence-electron chi connectivity index (χ0n) is 8.49. The van der Waals surface area contributed by atoms with E-state index in [1.807, 2.05) is 50.1 Å². The summed E-state index contributed by atoms with van der Waals surface area (Å²) in [6.45, 7) is 4.24. The number of benzene rings is 1. The van der Waals surface area contributed by atoms with Gasteiger partial charge in [0.2, 0.25) is 0 Å². The highest BCUT2D eigenvalue weighted by molar-refractivity contribution is 5.87. The summed E-state index contributed by atoms with van der Waals surface area (Å²) in [6, 6.07) is 9.37. The van der Waals surface area contributed by atoms with Gasteiger partial charge in [-0.05, 0) is 5.56 Å². The smallest absolute Gasteiger partial charge is 0.384 e. The molecule has 0 aliphatic carbocycles. The molecule has 0 aliphatic heterocycles. The van der Waals surface area contributed by atoms with Crippen molar-refractivity contribution in [1.82, 2.24) is 0 Å². The summed E-state index contributed by atoms with van der Waals surface area (Å²) in [5, 5.41) is 0. The number of hydrogen-bond acceptors (Lipinski definition) is 2. The van der Waals surface area contributed by atoms with E-state index in [9.17, 15) is 4.79 Å². The fourth-order valence-electron chi connectivity index (χ4n) is 0.765. The second kappa shape index (κ2) is 7.88. The monoisotopic (exact) mass is 190 g/mol. The number of rotatable bonds is 2. The first-order valence-corrected chi connectivity index (χ1v) is 4.50. The van der Waals surface area contributed by atoms with E-state index in [2.05, 4.69) is 0 Å². The standard InChI is InChI=1S/C10H8O2.C2H6/c1-2-10(11)12-8-9-6-4-3-5-7-9;1-2/h1,3-7H,8H2;1-2H3. The zero-order chi connectivity index (χ0) is 10.8. The lowest BCUT2D eigenvalue weighted by atomic mass is 10.2. The summed E-state index contributed by atoms with van der Waals surface area (Å²) in [7, 11) is 0. The van der Waals surface area contributed by atoms with Gasteiger partial charge in [0.1, 0.15) is 6.61 Å². The van der Waals surface area contributed by atoms with Crippen molar-refractivity contribution in [3.63, 3.8) is 0 Å². The Morgan fingerprint density at radius 2 is 1.93 bits per heavy atom. The molecule has 74 valence electrons. The van der Waals surface area contributed by atoms with E-state index in [0.29, 0.717) is 0 Å². The number of carbonyl (C=O) groups is 1. The van der Waals surface area contributed by atoms with E-state index in [4.69, 9.17) is 11.2 Å². The molecule has 0 radical (unpaired) electrons. The van der Waals surface area contributed by atoms with Crippen LogP contribution >= 0.6 is 0 Å². The molecular formula is C12H14O2. The molecule has 0 aromatic heterocycles. The summed E-state index contributed by atoms with van der Waals surface area (Å²) in [6.07, 6.45) is 4.81. The molecule has 0 atom stereocenters. The fourth-order valence-corrected chi connectivity index (χ4v) is 0.765. The maximum absolute atomic E-state index is 10.5. The first-order chi connectivity index (χ1) is 6.83. The third kappa shape index (κ3) is 5.00. The van der Waals surface area contributed by atoms with Gasteiger partial charge in [0.15, 0.2) is 0 Å². The molecule has 0 saturated carbocycles. The molecule has 0 saturated heterocycles. The SMILES string of the molecule is C#CC(=O)OCc1ccccc1.CC. The lowest BCUT2D eigenvalue weighted by molar-refractivity contribution is -0.137. The molecule has 1 aromatic carbocycles. The van der Waals surface area contributed by atoms with E-state index in [0.717, 1.165) is 5.56 Å². The van der Waals surface area contributed by atoms with Gasteiger partial charge in [-0.3, -0.25) is 0 Å². The van der Waals surface area contributed by atoms with Crippen LogP contribution in [0.5, 0.6) is 0 Å². The van der Waals surface area contributed by atoms with Gasteiger partial charge in [-0.25, -0.2) is 4.79 Å². The summed E-state index contributed by atoms with van der Waals surface area (Å²) in [4.78, 5) is 10.5. The van der Waals surface area contributed by atoms with Crippen molar-refractivity contribution < 1.29 is 9.53 Å². The average molecular weight is 190 g/mol. The average Bonchev–Trinajstić information content (AvgIpc) is 2.30. The van der Waals surface area contributed by atoms with Crippen molar-refractivity contribution in [3.05, 3.63) is 35.9 Å². The topological polar surface area (TPSA) is 26.3 Å². The van der Waals surface area contributed by atoms with Crippen molar-refractivity contribution in [2.45, 2.75) is 20.5 Å². The van der Waals surface area contributed by atoms with Crippen molar-refractivity contribution in [2.24, 2.45) is 0 Å². The van der Waals surface area contributed by atoms with Gasteiger partial charge in [0.25, 0.3) is 0 Å². The van der Waals surface area contributed by atoms with Gasteiger partial charge in [-0.2, -0.15) is 0 Å². The minimum absolute atomic E-state index is 0.240. The molecule has 14 heavy (non-hydrogen) atoms. The predicted octanol–water partition coefficient (Wildman–Crippen LogP) is 2.39. The Bertz CT molecular complexity index is 296. The van der Waals surface area contributed by atoms with E-state index in [1.54, 1.807) is 0 Å². The molecule has 0 spiro atoms. The Labute approximate surface area is 84.9 Å². The third-order valence-electron chi connectivity index (χ3n) is 1.33. The highest BCUT2D eigenvalue weighted by Crippen LogP contribution is 1.99. The van der Waals surface area contributed by atoms with Gasteiger partial charge < -0.3 is 4.74 Å². The summed E-state index contributed by atoms with van der Waals surface area (Å²) in [5.74, 6) is 1.25. The second-order valence-electron chi connectivity index (χ2n) is 2.21. The Morgan fingerprint density at radius 3 is 2.43 bits per heavy atom. The van der Waals surface area contributed by atoms with Crippen molar-refractivity contribution >= 4 is 5.97 Å². The van der Waals surface area contributed by atoms with Crippen LogP contribution in [0.4, 0.5) is 0 Å². The van der Waals surface area contributed by atoms with Crippen molar-refractivity contribution in [1.29, 1.82) is 0 Å². The molecule has 0 amide bonds. The van der Waals surface area contributed by atoms with Gasteiger partial charge in [-0.1, -0.05) is 44.2 Å². The number of hydrogen-bond donors (Lipinski definition) is 0. The molecule has 1 aromatic rings. The molecule has 0 bridgehead atoms.